The van der Waals surface area contributed by atoms with E-state index in [1.165, 1.54) is 31.2 Å². The summed E-state index contributed by atoms with van der Waals surface area (Å²) in [5.74, 6) is 0.100. The number of aromatic amines is 1. The minimum Gasteiger partial charge on any atom is -0.492 e. The summed E-state index contributed by atoms with van der Waals surface area (Å²) in [6, 6.07) is 4.35. The molecule has 1 aromatic carbocycles. The van der Waals surface area contributed by atoms with Crippen LogP contribution in [0.25, 0.3) is 0 Å². The summed E-state index contributed by atoms with van der Waals surface area (Å²) in [5.41, 5.74) is 1.53. The lowest BCUT2D eigenvalue weighted by Crippen LogP contribution is -2.23. The molecule has 1 aromatic heterocycles. The maximum Gasteiger partial charge on any atom is 0.258 e. The number of Topliss-reactive ketones (excluding diaryl/α,β-unsaturated/α-hetero) is 1. The van der Waals surface area contributed by atoms with Gasteiger partial charge in [-0.15, -0.1) is 0 Å². The molecule has 3 N–H and O–H groups in total. The summed E-state index contributed by atoms with van der Waals surface area (Å²) in [6.45, 7) is 2.17. The lowest BCUT2D eigenvalue weighted by Gasteiger charge is -2.12. The van der Waals surface area contributed by atoms with Crippen molar-refractivity contribution in [2.45, 2.75) is 32.1 Å². The van der Waals surface area contributed by atoms with E-state index in [0.717, 1.165) is 31.0 Å². The number of anilines is 1. The van der Waals surface area contributed by atoms with Crippen LogP contribution in [0.5, 0.6) is 5.75 Å². The fraction of sp³-hybridized carbons (Fsp3) is 0.429. The van der Waals surface area contributed by atoms with Gasteiger partial charge in [0, 0.05) is 30.9 Å². The molecule has 0 radical (unpaired) electrons. The van der Waals surface area contributed by atoms with Crippen molar-refractivity contribution in [2.75, 3.05) is 25.0 Å². The topological polar surface area (TPSA) is 83.2 Å². The molecule has 0 aliphatic heterocycles. The van der Waals surface area contributed by atoms with E-state index < -0.39 is 11.7 Å². The minimum atomic E-state index is -0.576. The number of amides is 1. The van der Waals surface area contributed by atoms with Crippen molar-refractivity contribution < 1.29 is 18.7 Å². The van der Waals surface area contributed by atoms with Crippen LogP contribution in [-0.2, 0) is 6.42 Å². The van der Waals surface area contributed by atoms with Crippen molar-refractivity contribution in [3.05, 3.63) is 47.0 Å². The molecule has 1 heterocycles. The van der Waals surface area contributed by atoms with Crippen LogP contribution >= 0.6 is 0 Å². The van der Waals surface area contributed by atoms with Crippen molar-refractivity contribution in [1.82, 2.24) is 10.3 Å². The number of aromatic nitrogens is 1. The third kappa shape index (κ3) is 4.25. The van der Waals surface area contributed by atoms with Gasteiger partial charge < -0.3 is 20.4 Å². The van der Waals surface area contributed by atoms with Crippen molar-refractivity contribution in [2.24, 2.45) is 5.92 Å². The average Bonchev–Trinajstić information content (AvgIpc) is 3.39. The molecule has 4 rings (SSSR count). The van der Waals surface area contributed by atoms with E-state index in [1.54, 1.807) is 6.07 Å². The first kappa shape index (κ1) is 18.7. The van der Waals surface area contributed by atoms with Gasteiger partial charge in [0.15, 0.2) is 5.78 Å². The molecular weight excluding hydrogens is 361 g/mol. The van der Waals surface area contributed by atoms with Crippen LogP contribution in [0, 0.1) is 11.7 Å². The molecule has 0 bridgehead atoms. The number of aryl methyl sites for hydroxylation is 1. The molecule has 1 fully saturated rings. The van der Waals surface area contributed by atoms with Crippen LogP contribution in [0.2, 0.25) is 0 Å². The van der Waals surface area contributed by atoms with Crippen molar-refractivity contribution in [3.63, 3.8) is 0 Å². The third-order valence-electron chi connectivity index (χ3n) is 5.18. The predicted octanol–water partition coefficient (Wildman–Crippen LogP) is 3.30. The average molecular weight is 385 g/mol. The van der Waals surface area contributed by atoms with Crippen LogP contribution in [0.3, 0.4) is 0 Å². The van der Waals surface area contributed by atoms with Gasteiger partial charge in [0.25, 0.3) is 5.91 Å². The van der Waals surface area contributed by atoms with Crippen LogP contribution < -0.4 is 15.4 Å². The number of benzene rings is 1. The Morgan fingerprint density at radius 3 is 2.93 bits per heavy atom. The lowest BCUT2D eigenvalue weighted by molar-refractivity contribution is 0.0956. The largest absolute Gasteiger partial charge is 0.492 e. The van der Waals surface area contributed by atoms with Crippen LogP contribution in [0.1, 0.15) is 52.1 Å². The Kier molecular flexibility index (Phi) is 5.43. The highest BCUT2D eigenvalue weighted by Crippen LogP contribution is 2.28. The number of fused-ring (bicyclic) bond motifs is 1. The van der Waals surface area contributed by atoms with E-state index in [0.29, 0.717) is 30.9 Å². The molecule has 0 unspecified atom stereocenters. The summed E-state index contributed by atoms with van der Waals surface area (Å²) in [7, 11) is 0. The maximum absolute atomic E-state index is 14.4. The Bertz CT molecular complexity index is 889. The number of hydrogen-bond acceptors (Lipinski definition) is 4. The van der Waals surface area contributed by atoms with Gasteiger partial charge in [-0.2, -0.15) is 0 Å². The SMILES string of the molecule is O=C(Nc1ccc(OCCNCC2CC2)cc1F)c1c[nH]c2c1C(=O)CCC2. The summed E-state index contributed by atoms with van der Waals surface area (Å²) in [4.78, 5) is 27.7. The zero-order chi connectivity index (χ0) is 19.5. The monoisotopic (exact) mass is 385 g/mol. The smallest absolute Gasteiger partial charge is 0.258 e. The van der Waals surface area contributed by atoms with Gasteiger partial charge >= 0.3 is 0 Å². The van der Waals surface area contributed by atoms with E-state index in [2.05, 4.69) is 15.6 Å². The predicted molar refractivity (Wildman–Crippen MR) is 104 cm³/mol. The molecule has 1 amide bonds. The molecule has 1 saturated carbocycles. The van der Waals surface area contributed by atoms with Gasteiger partial charge in [0.05, 0.1) is 16.8 Å². The number of ketones is 1. The van der Waals surface area contributed by atoms with Crippen molar-refractivity contribution in [3.8, 4) is 5.75 Å². The number of carbonyl (C=O) groups is 2. The van der Waals surface area contributed by atoms with E-state index >= 15 is 0 Å². The molecule has 148 valence electrons. The van der Waals surface area contributed by atoms with Crippen molar-refractivity contribution >= 4 is 17.4 Å². The lowest BCUT2D eigenvalue weighted by atomic mass is 9.93. The Hall–Kier alpha value is -2.67. The van der Waals surface area contributed by atoms with Crippen LogP contribution in [0.15, 0.2) is 24.4 Å². The fourth-order valence-corrected chi connectivity index (χ4v) is 3.46. The highest BCUT2D eigenvalue weighted by molar-refractivity contribution is 6.13. The Labute approximate surface area is 162 Å². The molecular formula is C21H24FN3O3. The zero-order valence-corrected chi connectivity index (χ0v) is 15.6. The summed E-state index contributed by atoms with van der Waals surface area (Å²) >= 11 is 0. The van der Waals surface area contributed by atoms with E-state index in [-0.39, 0.29) is 17.0 Å². The van der Waals surface area contributed by atoms with Gasteiger partial charge in [-0.1, -0.05) is 0 Å². The van der Waals surface area contributed by atoms with E-state index in [9.17, 15) is 14.0 Å². The highest BCUT2D eigenvalue weighted by atomic mass is 19.1. The zero-order valence-electron chi connectivity index (χ0n) is 15.6. The number of nitrogens with one attached hydrogen (secondary N) is 3. The summed E-state index contributed by atoms with van der Waals surface area (Å²) in [5, 5.41) is 5.86. The quantitative estimate of drug-likeness (QED) is 0.609. The van der Waals surface area contributed by atoms with Crippen LogP contribution in [0.4, 0.5) is 10.1 Å². The second-order valence-electron chi connectivity index (χ2n) is 7.42. The summed E-state index contributed by atoms with van der Waals surface area (Å²) < 4.78 is 19.9. The molecule has 2 aliphatic rings. The maximum atomic E-state index is 14.4. The van der Waals surface area contributed by atoms with Crippen molar-refractivity contribution in [1.29, 1.82) is 0 Å². The van der Waals surface area contributed by atoms with E-state index in [1.807, 2.05) is 0 Å². The molecule has 0 spiro atoms. The van der Waals surface area contributed by atoms with Gasteiger partial charge in [-0.25, -0.2) is 4.39 Å². The Balaban J connectivity index is 1.35. The highest BCUT2D eigenvalue weighted by Gasteiger charge is 2.26. The number of ether oxygens (including phenoxy) is 1. The normalized spacial score (nSPS) is 16.0. The number of carbonyl (C=O) groups excluding carboxylic acids is 2. The standard InChI is InChI=1S/C21H24FN3O3/c22-16-10-14(28-9-8-23-11-13-4-5-13)6-7-17(16)25-21(27)15-12-24-18-2-1-3-19(26)20(15)18/h6-7,10,12-13,23-24H,1-5,8-9,11H2,(H,25,27). The van der Waals surface area contributed by atoms with Gasteiger partial charge in [0.1, 0.15) is 18.2 Å². The number of halogens is 1. The Morgan fingerprint density at radius 1 is 1.29 bits per heavy atom. The first-order valence-electron chi connectivity index (χ1n) is 9.79. The first-order valence-corrected chi connectivity index (χ1v) is 9.79. The second kappa shape index (κ2) is 8.14. The number of rotatable bonds is 8. The summed E-state index contributed by atoms with van der Waals surface area (Å²) in [6.07, 6.45) is 6.07. The van der Waals surface area contributed by atoms with Crippen LogP contribution in [-0.4, -0.2) is 36.4 Å². The molecule has 2 aliphatic carbocycles. The third-order valence-corrected chi connectivity index (χ3v) is 5.18. The molecule has 2 aromatic rings. The first-order chi connectivity index (χ1) is 13.6. The number of hydrogen-bond donors (Lipinski definition) is 3. The fourth-order valence-electron chi connectivity index (χ4n) is 3.46. The minimum absolute atomic E-state index is 0.0489. The Morgan fingerprint density at radius 2 is 2.14 bits per heavy atom. The molecule has 7 heteroatoms. The molecule has 28 heavy (non-hydrogen) atoms. The molecule has 0 atom stereocenters. The van der Waals surface area contributed by atoms with E-state index in [4.69, 9.17) is 4.74 Å². The van der Waals surface area contributed by atoms with Gasteiger partial charge in [-0.3, -0.25) is 9.59 Å². The molecule has 0 saturated heterocycles. The second-order valence-corrected chi connectivity index (χ2v) is 7.42. The molecule has 6 nitrogen and oxygen atoms in total. The number of H-pyrrole nitrogens is 1. The van der Waals surface area contributed by atoms with Gasteiger partial charge in [0.2, 0.25) is 0 Å². The van der Waals surface area contributed by atoms with Gasteiger partial charge in [-0.05, 0) is 50.3 Å².